The Morgan fingerprint density at radius 3 is 1.41 bits per heavy atom. The number of nitriles is 1. The fraction of sp³-hybridized carbons (Fsp3) is 0.121. The highest BCUT2D eigenvalue weighted by Crippen LogP contribution is 2.41. The predicted molar refractivity (Wildman–Crippen MR) is 531 cm³/mol. The first-order valence-corrected chi connectivity index (χ1v) is 45.8. The number of rotatable bonds is 18. The normalized spacial score (nSPS) is 12.5. The van der Waals surface area contributed by atoms with Crippen LogP contribution in [0.3, 0.4) is 0 Å². The van der Waals surface area contributed by atoms with Crippen molar-refractivity contribution in [1.29, 1.82) is 5.26 Å². The molecule has 18 aromatic rings. The standard InChI is InChI=1S/C27H22ClN5O3.C26H22BrN5O3.C25H16ClN5O5S.C21H18ClN3O5/c28-16-8-11-22-20(13-16)23(33-26(35)19-6-1-2-7-21(19)31-27(33)36)24(25(34)30-18-9-10-18)32(22)14-15-4-3-5-17(29)12-15;1-30(2)25(34)23-22(32-24(33)18-8-3-4-9-20(18)29-26(32)35)19-13-16(27)10-11-21(19)31(23)14-15-6-5-7-17(28)12-15;1-30-19-11-10-15(26)12-17(19)21(31-24(33)16-7-3-4-8-18(16)28-25(31)34)22(30)23(32)29-37(35,36)20-9-5-2-6-14(20)13-27;1-30-14-4-2-3-12(9-14)11-24-16-6-5-13(22)10-15(16)18(19(24)20(27)28)25-17(26)7-8-23-21(25)29/h1-8,11-13,18H,9-10,14,29H2,(H,30,34)(H,31,36);3-13H,14,28H2,1-2H3,(H,29,35);2-12H,1H3,(H,28,34)(H,29,32);2-6,9-10H,7-8,11H2,1H3,(H,23,29)(H,27,28). The van der Waals surface area contributed by atoms with Crippen molar-refractivity contribution in [2.75, 3.05) is 44.1 Å². The van der Waals surface area contributed by atoms with Crippen LogP contribution in [0.25, 0.3) is 93.4 Å². The Balaban J connectivity index is 0.000000128. The van der Waals surface area contributed by atoms with E-state index in [1.54, 1.807) is 177 Å². The van der Waals surface area contributed by atoms with Crippen LogP contribution in [0.2, 0.25) is 15.1 Å². The van der Waals surface area contributed by atoms with E-state index in [2.05, 4.69) is 41.5 Å². The van der Waals surface area contributed by atoms with Crippen molar-refractivity contribution in [3.63, 3.8) is 0 Å². The number of nitrogens with two attached hydrogens (primary N) is 2. The van der Waals surface area contributed by atoms with Gasteiger partial charge < -0.3 is 70.1 Å². The van der Waals surface area contributed by atoms with E-state index < -0.39 is 72.5 Å². The summed E-state index contributed by atoms with van der Waals surface area (Å²) in [4.78, 5) is 169. The fourth-order valence-electron chi connectivity index (χ4n) is 17.0. The molecule has 138 heavy (non-hydrogen) atoms. The minimum Gasteiger partial charge on any atom is -0.497 e. The number of para-hydroxylation sites is 3. The minimum atomic E-state index is -4.50. The van der Waals surface area contributed by atoms with E-state index in [0.29, 0.717) is 106 Å². The highest BCUT2D eigenvalue weighted by molar-refractivity contribution is 9.10. The molecule has 0 bridgehead atoms. The quantitative estimate of drug-likeness (QED) is 0.0360. The number of nitrogens with one attached hydrogen (secondary N) is 6. The molecule has 0 spiro atoms. The Hall–Kier alpha value is -16.6. The van der Waals surface area contributed by atoms with E-state index in [4.69, 9.17) is 51.0 Å². The molecule has 0 atom stereocenters. The number of benzene rings is 11. The third-order valence-corrected chi connectivity index (χ3v) is 25.8. The molecule has 1 aliphatic carbocycles. The summed E-state index contributed by atoms with van der Waals surface area (Å²) >= 11 is 22.2. The molecule has 2 fully saturated rings. The van der Waals surface area contributed by atoms with Gasteiger partial charge in [-0.05, 0) is 187 Å². The second kappa shape index (κ2) is 38.1. The van der Waals surface area contributed by atoms with Gasteiger partial charge in [-0.15, -0.1) is 0 Å². The van der Waals surface area contributed by atoms with Crippen LogP contribution in [-0.4, -0.2) is 135 Å². The number of H-pyrrole nitrogens is 3. The molecule has 7 aromatic heterocycles. The SMILES string of the molecule is CN(C)C(=O)c1c(-n2c(=O)[nH]c3ccccc3c2=O)c2cc(Br)ccc2n1Cc1cccc(N)c1.COc1cccc(Cn2c(C(=O)O)c(N3C(=O)CCNC3=O)c3cc(Cl)ccc32)c1.Cn1c(C(=O)NS(=O)(=O)c2ccccc2C#N)c(-n2c(=O)[nH]c3ccccc3c2=O)c2cc(Cl)ccc21.Nc1cccc(Cn2c(C(=O)NC3CC3)c(-n3c(=O)[nH]c4ccccc4c3=O)c3cc(Cl)ccc32)c1. The number of aryl methyl sites for hydroxylation is 1. The summed E-state index contributed by atoms with van der Waals surface area (Å²) in [5.41, 5.74) is 15.6. The van der Waals surface area contributed by atoms with Crippen LogP contribution in [0, 0.1) is 11.3 Å². The molecule has 11 aromatic carbocycles. The van der Waals surface area contributed by atoms with E-state index >= 15 is 0 Å². The van der Waals surface area contributed by atoms with Gasteiger partial charge in [0, 0.05) is 112 Å². The summed E-state index contributed by atoms with van der Waals surface area (Å²) in [6.07, 6.45) is 1.85. The van der Waals surface area contributed by atoms with Crippen molar-refractivity contribution in [1.82, 2.24) is 67.2 Å². The number of ether oxygens (including phenoxy) is 1. The van der Waals surface area contributed by atoms with Crippen LogP contribution in [0.4, 0.5) is 21.9 Å². The number of nitrogen functional groups attached to an aromatic ring is 2. The summed E-state index contributed by atoms with van der Waals surface area (Å²) in [6, 6.07) is 68.8. The molecule has 2 aliphatic rings. The van der Waals surface area contributed by atoms with Gasteiger partial charge in [-0.3, -0.25) is 33.6 Å². The van der Waals surface area contributed by atoms with Gasteiger partial charge in [0.05, 0.1) is 90.2 Å². The Labute approximate surface area is 803 Å². The first-order chi connectivity index (χ1) is 66.2. The second-order valence-electron chi connectivity index (χ2n) is 32.4. The van der Waals surface area contributed by atoms with Crippen molar-refractivity contribution in [3.05, 3.63) is 370 Å². The third-order valence-electron chi connectivity index (χ3n) is 23.2. The molecule has 694 valence electrons. The minimum absolute atomic E-state index is 0.0186. The molecule has 34 nitrogen and oxygen atoms in total. The number of carbonyl (C=O) groups is 6. The molecular formula is C99H78BrCl3N18O16S. The van der Waals surface area contributed by atoms with E-state index in [1.807, 2.05) is 74.5 Å². The Morgan fingerprint density at radius 2 is 0.935 bits per heavy atom. The van der Waals surface area contributed by atoms with Crippen LogP contribution in [0.5, 0.6) is 5.75 Å². The molecule has 1 saturated carbocycles. The van der Waals surface area contributed by atoms with Gasteiger partial charge >= 0.3 is 29.1 Å². The zero-order chi connectivity index (χ0) is 97.7. The molecule has 0 unspecified atom stereocenters. The van der Waals surface area contributed by atoms with Crippen molar-refractivity contribution in [2.45, 2.75) is 49.8 Å². The Morgan fingerprint density at radius 1 is 0.507 bits per heavy atom. The Kier molecular flexibility index (Phi) is 25.7. The highest BCUT2D eigenvalue weighted by atomic mass is 79.9. The van der Waals surface area contributed by atoms with Crippen molar-refractivity contribution < 1.29 is 47.0 Å². The van der Waals surface area contributed by atoms with Crippen molar-refractivity contribution >= 4 is 190 Å². The maximum atomic E-state index is 13.7. The van der Waals surface area contributed by atoms with Crippen molar-refractivity contribution in [2.24, 2.45) is 7.05 Å². The van der Waals surface area contributed by atoms with Gasteiger partial charge in [0.2, 0.25) is 5.91 Å². The highest BCUT2D eigenvalue weighted by Gasteiger charge is 2.38. The van der Waals surface area contributed by atoms with E-state index in [-0.39, 0.29) is 104 Å². The van der Waals surface area contributed by atoms with E-state index in [1.165, 1.54) is 52.9 Å². The van der Waals surface area contributed by atoms with Gasteiger partial charge in [0.15, 0.2) is 5.69 Å². The lowest BCUT2D eigenvalue weighted by molar-refractivity contribution is -0.118. The first kappa shape index (κ1) is 93.2. The zero-order valence-electron chi connectivity index (χ0n) is 73.2. The van der Waals surface area contributed by atoms with Crippen LogP contribution < -0.4 is 70.2 Å². The number of anilines is 3. The molecule has 8 heterocycles. The van der Waals surface area contributed by atoms with Crippen LogP contribution >= 0.6 is 50.7 Å². The molecule has 20 rings (SSSR count). The Bertz CT molecular complexity index is 8740. The number of urea groups is 1. The maximum Gasteiger partial charge on any atom is 0.354 e. The van der Waals surface area contributed by atoms with Gasteiger partial charge in [-0.2, -0.15) is 5.26 Å². The van der Waals surface area contributed by atoms with Gasteiger partial charge in [-0.25, -0.2) is 55.7 Å². The lowest BCUT2D eigenvalue weighted by atomic mass is 10.1. The number of carbonyl (C=O) groups excluding carboxylic acids is 5. The second-order valence-corrected chi connectivity index (χ2v) is 36.3. The topological polar surface area (TPSA) is 469 Å². The molecule has 6 amide bonds. The maximum absolute atomic E-state index is 13.7. The zero-order valence-corrected chi connectivity index (χ0v) is 77.9. The lowest BCUT2D eigenvalue weighted by Crippen LogP contribution is -2.50. The average molecular weight is 1990 g/mol. The largest absolute Gasteiger partial charge is 0.497 e. The number of hydrogen-bond donors (Lipinski definition) is 9. The number of carboxylic acids is 1. The van der Waals surface area contributed by atoms with Gasteiger partial charge in [0.25, 0.3) is 44.4 Å². The summed E-state index contributed by atoms with van der Waals surface area (Å²) in [6.45, 7) is 1.02. The number of aromatic carboxylic acids is 1. The van der Waals surface area contributed by atoms with Crippen LogP contribution in [0.15, 0.2) is 281 Å². The summed E-state index contributed by atoms with van der Waals surface area (Å²) < 4.78 is 43.6. The number of carboxylic acid groups (broad SMARTS) is 1. The third kappa shape index (κ3) is 17.9. The number of nitrogens with zero attached hydrogens (tertiary/aromatic N) is 10. The number of halogens is 4. The van der Waals surface area contributed by atoms with Crippen molar-refractivity contribution in [3.8, 4) is 28.9 Å². The summed E-state index contributed by atoms with van der Waals surface area (Å²) in [5, 5.41) is 28.7. The number of hydrogen-bond acceptors (Lipinski definition) is 18. The number of fused-ring (bicyclic) bond motifs is 7. The molecule has 39 heteroatoms. The predicted octanol–water partition coefficient (Wildman–Crippen LogP) is 13.8. The molecule has 1 aliphatic heterocycles. The number of amides is 6. The first-order valence-electron chi connectivity index (χ1n) is 42.4. The average Bonchev–Trinajstić information content (AvgIpc) is 1.56. The van der Waals surface area contributed by atoms with E-state index in [9.17, 15) is 76.3 Å². The number of imide groups is 1. The molecular weight excluding hydrogens is 1920 g/mol. The number of aromatic amines is 3. The molecule has 1 saturated heterocycles. The van der Waals surface area contributed by atoms with Gasteiger partial charge in [-0.1, -0.05) is 136 Å². The van der Waals surface area contributed by atoms with E-state index in [0.717, 1.165) is 52.6 Å². The smallest absolute Gasteiger partial charge is 0.354 e. The fourth-order valence-corrected chi connectivity index (χ4v) is 19.0. The monoisotopic (exact) mass is 1990 g/mol. The number of methoxy groups -OCH3 is 1. The number of sulfonamides is 1. The molecule has 11 N–H and O–H groups in total. The molecule has 0 radical (unpaired) electrons. The summed E-state index contributed by atoms with van der Waals surface area (Å²) in [5.74, 6) is -2.90. The van der Waals surface area contributed by atoms with Crippen LogP contribution in [-0.2, 0) is 41.5 Å². The van der Waals surface area contributed by atoms with Crippen LogP contribution in [0.1, 0.15) is 83.5 Å². The lowest BCUT2D eigenvalue weighted by Gasteiger charge is -2.26. The van der Waals surface area contributed by atoms with Gasteiger partial charge in [0.1, 0.15) is 33.8 Å². The number of aromatic nitrogens is 10. The summed E-state index contributed by atoms with van der Waals surface area (Å²) in [7, 11) is 1.81.